The van der Waals surface area contributed by atoms with Gasteiger partial charge in [0.1, 0.15) is 5.82 Å². The molecule has 1 atom stereocenters. The molecule has 1 aliphatic rings. The Morgan fingerprint density at radius 3 is 3.04 bits per heavy atom. The van der Waals surface area contributed by atoms with Crippen molar-refractivity contribution in [2.24, 2.45) is 0 Å². The molecule has 26 heavy (non-hydrogen) atoms. The number of aromatic nitrogens is 4. The minimum atomic E-state index is -0.354. The van der Waals surface area contributed by atoms with Crippen LogP contribution in [-0.2, 0) is 4.74 Å². The standard InChI is InChI=1S/C18H18FN5O2/c1-10-4-5-13(19)11(7-10)14-8-16(23-22-14)21-18(25)12-9-20-24-17(12)15-3-2-6-26-15/h4-5,7-9,15H,2-3,6H2,1H3,(H,20,24)(H2,21,22,23,25). The second kappa shape index (κ2) is 6.72. The van der Waals surface area contributed by atoms with Gasteiger partial charge in [0.05, 0.1) is 29.3 Å². The van der Waals surface area contributed by atoms with Crippen LogP contribution in [0.2, 0.25) is 0 Å². The van der Waals surface area contributed by atoms with Crippen LogP contribution in [0, 0.1) is 12.7 Å². The fourth-order valence-electron chi connectivity index (χ4n) is 3.08. The highest BCUT2D eigenvalue weighted by atomic mass is 19.1. The molecule has 2 aromatic heterocycles. The largest absolute Gasteiger partial charge is 0.372 e. The minimum absolute atomic E-state index is 0.144. The van der Waals surface area contributed by atoms with E-state index in [1.807, 2.05) is 6.92 Å². The van der Waals surface area contributed by atoms with Crippen molar-refractivity contribution in [3.63, 3.8) is 0 Å². The molecular weight excluding hydrogens is 337 g/mol. The highest BCUT2D eigenvalue weighted by Gasteiger charge is 2.25. The third-order valence-electron chi connectivity index (χ3n) is 4.40. The fourth-order valence-corrected chi connectivity index (χ4v) is 3.08. The number of benzene rings is 1. The Bertz CT molecular complexity index is 943. The number of halogens is 1. The SMILES string of the molecule is Cc1ccc(F)c(-c2cc(NC(=O)c3cn[nH]c3C3CCCO3)n[nH]2)c1. The fraction of sp³-hybridized carbons (Fsp3) is 0.278. The minimum Gasteiger partial charge on any atom is -0.372 e. The predicted molar refractivity (Wildman–Crippen MR) is 93.2 cm³/mol. The van der Waals surface area contributed by atoms with Crippen molar-refractivity contribution in [3.05, 3.63) is 53.1 Å². The Morgan fingerprint density at radius 1 is 1.35 bits per heavy atom. The van der Waals surface area contributed by atoms with Gasteiger partial charge in [0, 0.05) is 18.2 Å². The van der Waals surface area contributed by atoms with Crippen LogP contribution in [0.3, 0.4) is 0 Å². The van der Waals surface area contributed by atoms with Gasteiger partial charge in [0.2, 0.25) is 0 Å². The van der Waals surface area contributed by atoms with Gasteiger partial charge in [-0.25, -0.2) is 4.39 Å². The molecule has 134 valence electrons. The normalized spacial score (nSPS) is 16.8. The van der Waals surface area contributed by atoms with Crippen LogP contribution in [0.25, 0.3) is 11.3 Å². The van der Waals surface area contributed by atoms with Gasteiger partial charge < -0.3 is 10.1 Å². The number of carbonyl (C=O) groups excluding carboxylic acids is 1. The molecule has 3 aromatic rings. The molecule has 0 saturated carbocycles. The van der Waals surface area contributed by atoms with Crippen LogP contribution in [0.5, 0.6) is 0 Å². The highest BCUT2D eigenvalue weighted by molar-refractivity contribution is 6.04. The van der Waals surface area contributed by atoms with E-state index in [2.05, 4.69) is 25.7 Å². The van der Waals surface area contributed by atoms with Gasteiger partial charge in [-0.05, 0) is 31.9 Å². The quantitative estimate of drug-likeness (QED) is 0.669. The molecule has 0 spiro atoms. The molecule has 0 aliphatic carbocycles. The van der Waals surface area contributed by atoms with Crippen molar-refractivity contribution in [1.82, 2.24) is 20.4 Å². The molecule has 1 unspecified atom stereocenters. The Kier molecular flexibility index (Phi) is 4.26. The number of nitrogens with one attached hydrogen (secondary N) is 3. The first kappa shape index (κ1) is 16.5. The molecule has 3 heterocycles. The number of hydrogen-bond donors (Lipinski definition) is 3. The Balaban J connectivity index is 1.54. The first-order valence-corrected chi connectivity index (χ1v) is 8.40. The lowest BCUT2D eigenvalue weighted by molar-refractivity contribution is 0.0979. The van der Waals surface area contributed by atoms with Crippen molar-refractivity contribution in [2.75, 3.05) is 11.9 Å². The Labute approximate surface area is 149 Å². The van der Waals surface area contributed by atoms with E-state index in [0.29, 0.717) is 34.9 Å². The molecule has 0 bridgehead atoms. The maximum absolute atomic E-state index is 14.0. The van der Waals surface area contributed by atoms with Gasteiger partial charge in [0.25, 0.3) is 5.91 Å². The maximum atomic E-state index is 14.0. The predicted octanol–water partition coefficient (Wildman–Crippen LogP) is 3.35. The molecule has 1 aromatic carbocycles. The highest BCUT2D eigenvalue weighted by Crippen LogP contribution is 2.30. The van der Waals surface area contributed by atoms with Crippen molar-refractivity contribution in [1.29, 1.82) is 0 Å². The lowest BCUT2D eigenvalue weighted by Gasteiger charge is -2.09. The summed E-state index contributed by atoms with van der Waals surface area (Å²) in [5.74, 6) is -0.384. The number of carbonyl (C=O) groups is 1. The summed E-state index contributed by atoms with van der Waals surface area (Å²) in [4.78, 5) is 12.6. The van der Waals surface area contributed by atoms with E-state index in [1.54, 1.807) is 18.2 Å². The molecular formula is C18H18FN5O2. The monoisotopic (exact) mass is 355 g/mol. The second-order valence-electron chi connectivity index (χ2n) is 6.30. The number of H-pyrrole nitrogens is 2. The lowest BCUT2D eigenvalue weighted by Crippen LogP contribution is -2.15. The summed E-state index contributed by atoms with van der Waals surface area (Å²) in [6, 6.07) is 6.42. The van der Waals surface area contributed by atoms with E-state index in [1.165, 1.54) is 12.3 Å². The molecule has 1 amide bonds. The molecule has 4 rings (SSSR count). The summed E-state index contributed by atoms with van der Waals surface area (Å²) in [7, 11) is 0. The topological polar surface area (TPSA) is 95.7 Å². The number of hydrogen-bond acceptors (Lipinski definition) is 4. The van der Waals surface area contributed by atoms with Gasteiger partial charge >= 0.3 is 0 Å². The van der Waals surface area contributed by atoms with Crippen LogP contribution in [-0.4, -0.2) is 32.9 Å². The maximum Gasteiger partial charge on any atom is 0.260 e. The average molecular weight is 355 g/mol. The smallest absolute Gasteiger partial charge is 0.260 e. The zero-order valence-electron chi connectivity index (χ0n) is 14.2. The van der Waals surface area contributed by atoms with E-state index in [-0.39, 0.29) is 17.8 Å². The summed E-state index contributed by atoms with van der Waals surface area (Å²) in [5.41, 5.74) is 2.92. The summed E-state index contributed by atoms with van der Waals surface area (Å²) in [6.07, 6.45) is 3.13. The molecule has 8 heteroatoms. The summed E-state index contributed by atoms with van der Waals surface area (Å²) < 4.78 is 19.6. The van der Waals surface area contributed by atoms with Gasteiger partial charge in [-0.2, -0.15) is 10.2 Å². The molecule has 0 radical (unpaired) electrons. The van der Waals surface area contributed by atoms with Crippen molar-refractivity contribution in [2.45, 2.75) is 25.9 Å². The molecule has 7 nitrogen and oxygen atoms in total. The molecule has 1 fully saturated rings. The third-order valence-corrected chi connectivity index (χ3v) is 4.40. The van der Waals surface area contributed by atoms with Crippen LogP contribution in [0.15, 0.2) is 30.5 Å². The average Bonchev–Trinajstić information content (AvgIpc) is 3.37. The van der Waals surface area contributed by atoms with Crippen LogP contribution >= 0.6 is 0 Å². The van der Waals surface area contributed by atoms with E-state index in [4.69, 9.17) is 4.74 Å². The molecule has 1 aliphatic heterocycles. The summed E-state index contributed by atoms with van der Waals surface area (Å²) in [5, 5.41) is 16.3. The Morgan fingerprint density at radius 2 is 2.23 bits per heavy atom. The number of aromatic amines is 2. The lowest BCUT2D eigenvalue weighted by atomic mass is 10.1. The number of aryl methyl sites for hydroxylation is 1. The number of amides is 1. The summed E-state index contributed by atoms with van der Waals surface area (Å²) >= 11 is 0. The number of anilines is 1. The third kappa shape index (κ3) is 3.11. The summed E-state index contributed by atoms with van der Waals surface area (Å²) in [6.45, 7) is 2.56. The van der Waals surface area contributed by atoms with Gasteiger partial charge in [-0.3, -0.25) is 15.0 Å². The van der Waals surface area contributed by atoms with E-state index >= 15 is 0 Å². The number of nitrogens with zero attached hydrogens (tertiary/aromatic N) is 2. The molecule has 1 saturated heterocycles. The van der Waals surface area contributed by atoms with Crippen LogP contribution in [0.1, 0.15) is 40.6 Å². The van der Waals surface area contributed by atoms with E-state index < -0.39 is 0 Å². The first-order valence-electron chi connectivity index (χ1n) is 8.40. The van der Waals surface area contributed by atoms with E-state index in [0.717, 1.165) is 18.4 Å². The van der Waals surface area contributed by atoms with Gasteiger partial charge in [-0.15, -0.1) is 0 Å². The van der Waals surface area contributed by atoms with E-state index in [9.17, 15) is 9.18 Å². The van der Waals surface area contributed by atoms with Crippen LogP contribution < -0.4 is 5.32 Å². The van der Waals surface area contributed by atoms with Crippen LogP contribution in [0.4, 0.5) is 10.2 Å². The second-order valence-corrected chi connectivity index (χ2v) is 6.30. The molecule has 3 N–H and O–H groups in total. The van der Waals surface area contributed by atoms with Crippen molar-refractivity contribution < 1.29 is 13.9 Å². The van der Waals surface area contributed by atoms with Crippen molar-refractivity contribution >= 4 is 11.7 Å². The Hall–Kier alpha value is -3.00. The van der Waals surface area contributed by atoms with Crippen molar-refractivity contribution in [3.8, 4) is 11.3 Å². The van der Waals surface area contributed by atoms with Gasteiger partial charge in [0.15, 0.2) is 5.82 Å². The number of rotatable bonds is 4. The zero-order chi connectivity index (χ0) is 18.1. The first-order chi connectivity index (χ1) is 12.6. The zero-order valence-corrected chi connectivity index (χ0v) is 14.2. The van der Waals surface area contributed by atoms with Gasteiger partial charge in [-0.1, -0.05) is 11.6 Å². The number of ether oxygens (including phenoxy) is 1.